The van der Waals surface area contributed by atoms with Crippen LogP contribution in [0.15, 0.2) is 30.3 Å². The Morgan fingerprint density at radius 1 is 1.25 bits per heavy atom. The monoisotopic (exact) mass is 271 g/mol. The number of ether oxygens (including phenoxy) is 1. The molecular weight excluding hydrogens is 250 g/mol. The summed E-state index contributed by atoms with van der Waals surface area (Å²) >= 11 is 0. The molecule has 1 aromatic carbocycles. The van der Waals surface area contributed by atoms with E-state index in [0.717, 1.165) is 31.1 Å². The van der Waals surface area contributed by atoms with Crippen LogP contribution in [0.5, 0.6) is 5.75 Å². The highest BCUT2D eigenvalue weighted by Gasteiger charge is 2.29. The van der Waals surface area contributed by atoms with E-state index in [0.29, 0.717) is 6.04 Å². The fourth-order valence-electron chi connectivity index (χ4n) is 2.87. The summed E-state index contributed by atoms with van der Waals surface area (Å²) in [5.41, 5.74) is 3.67. The van der Waals surface area contributed by atoms with Crippen LogP contribution in [0.1, 0.15) is 23.0 Å². The van der Waals surface area contributed by atoms with Gasteiger partial charge in [-0.25, -0.2) is 0 Å². The van der Waals surface area contributed by atoms with E-state index < -0.39 is 0 Å². The first-order valence-corrected chi connectivity index (χ1v) is 7.04. The van der Waals surface area contributed by atoms with Crippen LogP contribution in [0.4, 0.5) is 0 Å². The molecule has 1 aromatic heterocycles. The Kier molecular flexibility index (Phi) is 3.49. The van der Waals surface area contributed by atoms with Crippen LogP contribution in [0, 0.1) is 13.8 Å². The van der Waals surface area contributed by atoms with E-state index in [1.54, 1.807) is 7.11 Å². The zero-order valence-corrected chi connectivity index (χ0v) is 12.3. The van der Waals surface area contributed by atoms with Crippen molar-refractivity contribution in [2.45, 2.75) is 26.4 Å². The predicted molar refractivity (Wildman–Crippen MR) is 79.0 cm³/mol. The highest BCUT2D eigenvalue weighted by atomic mass is 16.5. The third kappa shape index (κ3) is 2.56. The lowest BCUT2D eigenvalue weighted by Gasteiger charge is -2.39. The number of hydrogen-bond donors (Lipinski definition) is 0. The Balaban J connectivity index is 1.59. The SMILES string of the molecule is COc1cccc(CN2CC(n3nc(C)cc3C)C2)c1. The molecule has 0 bridgehead atoms. The lowest BCUT2D eigenvalue weighted by Crippen LogP contribution is -2.47. The molecule has 0 saturated carbocycles. The van der Waals surface area contributed by atoms with Crippen molar-refractivity contribution in [2.24, 2.45) is 0 Å². The average Bonchev–Trinajstić information content (AvgIpc) is 2.72. The largest absolute Gasteiger partial charge is 0.497 e. The van der Waals surface area contributed by atoms with Crippen LogP contribution >= 0.6 is 0 Å². The average molecular weight is 271 g/mol. The summed E-state index contributed by atoms with van der Waals surface area (Å²) in [7, 11) is 1.71. The number of rotatable bonds is 4. The molecule has 1 aliphatic rings. The topological polar surface area (TPSA) is 30.3 Å². The second kappa shape index (κ2) is 5.29. The number of nitrogens with zero attached hydrogens (tertiary/aromatic N) is 3. The quantitative estimate of drug-likeness (QED) is 0.856. The molecule has 4 nitrogen and oxygen atoms in total. The van der Waals surface area contributed by atoms with Gasteiger partial charge in [0.1, 0.15) is 5.75 Å². The zero-order chi connectivity index (χ0) is 14.1. The summed E-state index contributed by atoms with van der Waals surface area (Å²) in [5.74, 6) is 0.929. The van der Waals surface area contributed by atoms with Gasteiger partial charge in [-0.05, 0) is 37.6 Å². The standard InChI is InChI=1S/C16H21N3O/c1-12-7-13(2)19(17-12)15-10-18(11-15)9-14-5-4-6-16(8-14)20-3/h4-8,15H,9-11H2,1-3H3. The minimum Gasteiger partial charge on any atom is -0.497 e. The molecule has 0 unspecified atom stereocenters. The molecule has 20 heavy (non-hydrogen) atoms. The van der Waals surface area contributed by atoms with E-state index >= 15 is 0 Å². The molecule has 0 radical (unpaired) electrons. The smallest absolute Gasteiger partial charge is 0.119 e. The van der Waals surface area contributed by atoms with Crippen molar-refractivity contribution in [2.75, 3.05) is 20.2 Å². The minimum atomic E-state index is 0.523. The third-order valence-corrected chi connectivity index (χ3v) is 3.87. The van der Waals surface area contributed by atoms with E-state index in [-0.39, 0.29) is 0 Å². The van der Waals surface area contributed by atoms with Crippen LogP contribution in [-0.2, 0) is 6.54 Å². The molecule has 2 heterocycles. The van der Waals surface area contributed by atoms with Crippen molar-refractivity contribution >= 4 is 0 Å². The van der Waals surface area contributed by atoms with Gasteiger partial charge in [-0.15, -0.1) is 0 Å². The van der Waals surface area contributed by atoms with Gasteiger partial charge < -0.3 is 4.74 Å². The molecule has 0 amide bonds. The molecule has 0 aliphatic carbocycles. The summed E-state index contributed by atoms with van der Waals surface area (Å²) in [5, 5.41) is 4.57. The van der Waals surface area contributed by atoms with Crippen LogP contribution in [-0.4, -0.2) is 34.9 Å². The predicted octanol–water partition coefficient (Wildman–Crippen LogP) is 2.57. The summed E-state index contributed by atoms with van der Waals surface area (Å²) in [6, 6.07) is 11.0. The minimum absolute atomic E-state index is 0.523. The zero-order valence-electron chi connectivity index (χ0n) is 12.3. The lowest BCUT2D eigenvalue weighted by molar-refractivity contribution is 0.0893. The van der Waals surface area contributed by atoms with Gasteiger partial charge in [-0.2, -0.15) is 5.10 Å². The molecule has 3 rings (SSSR count). The summed E-state index contributed by atoms with van der Waals surface area (Å²) in [6.45, 7) is 7.30. The second-order valence-corrected chi connectivity index (χ2v) is 5.57. The molecular formula is C16H21N3O. The first-order chi connectivity index (χ1) is 9.65. The Hall–Kier alpha value is -1.81. The number of hydrogen-bond acceptors (Lipinski definition) is 3. The Labute approximate surface area is 120 Å². The van der Waals surface area contributed by atoms with Crippen LogP contribution in [0.2, 0.25) is 0 Å². The van der Waals surface area contributed by atoms with Gasteiger partial charge in [-0.1, -0.05) is 12.1 Å². The summed E-state index contributed by atoms with van der Waals surface area (Å²) in [6.07, 6.45) is 0. The van der Waals surface area contributed by atoms with Crippen molar-refractivity contribution in [1.29, 1.82) is 0 Å². The van der Waals surface area contributed by atoms with Gasteiger partial charge in [-0.3, -0.25) is 9.58 Å². The second-order valence-electron chi connectivity index (χ2n) is 5.57. The van der Waals surface area contributed by atoms with Gasteiger partial charge in [0.15, 0.2) is 0 Å². The molecule has 106 valence electrons. The molecule has 2 aromatic rings. The normalized spacial score (nSPS) is 16.1. The highest BCUT2D eigenvalue weighted by molar-refractivity contribution is 5.28. The number of aryl methyl sites for hydroxylation is 2. The van der Waals surface area contributed by atoms with E-state index in [1.807, 2.05) is 12.1 Å². The Morgan fingerprint density at radius 2 is 2.05 bits per heavy atom. The van der Waals surface area contributed by atoms with E-state index in [2.05, 4.69) is 46.7 Å². The van der Waals surface area contributed by atoms with Crippen LogP contribution in [0.3, 0.4) is 0 Å². The number of aromatic nitrogens is 2. The number of methoxy groups -OCH3 is 1. The highest BCUT2D eigenvalue weighted by Crippen LogP contribution is 2.25. The maximum absolute atomic E-state index is 5.26. The lowest BCUT2D eigenvalue weighted by atomic mass is 10.1. The molecule has 0 N–H and O–H groups in total. The van der Waals surface area contributed by atoms with Gasteiger partial charge in [0, 0.05) is 25.3 Å². The van der Waals surface area contributed by atoms with E-state index in [1.165, 1.54) is 11.3 Å². The fraction of sp³-hybridized carbons (Fsp3) is 0.438. The molecule has 4 heteroatoms. The molecule has 0 spiro atoms. The third-order valence-electron chi connectivity index (χ3n) is 3.87. The number of likely N-dealkylation sites (tertiary alicyclic amines) is 1. The maximum Gasteiger partial charge on any atom is 0.119 e. The molecule has 1 fully saturated rings. The maximum atomic E-state index is 5.26. The molecule has 1 aliphatic heterocycles. The van der Waals surface area contributed by atoms with Gasteiger partial charge in [0.2, 0.25) is 0 Å². The van der Waals surface area contributed by atoms with Crippen LogP contribution < -0.4 is 4.74 Å². The summed E-state index contributed by atoms with van der Waals surface area (Å²) in [4.78, 5) is 2.44. The van der Waals surface area contributed by atoms with Gasteiger partial charge in [0.05, 0.1) is 18.8 Å². The first kappa shape index (κ1) is 13.2. The van der Waals surface area contributed by atoms with Crippen molar-refractivity contribution in [1.82, 2.24) is 14.7 Å². The van der Waals surface area contributed by atoms with Crippen molar-refractivity contribution < 1.29 is 4.74 Å². The number of benzene rings is 1. The molecule has 1 saturated heterocycles. The summed E-state index contributed by atoms with van der Waals surface area (Å²) < 4.78 is 7.43. The van der Waals surface area contributed by atoms with Crippen LogP contribution in [0.25, 0.3) is 0 Å². The Morgan fingerprint density at radius 3 is 2.70 bits per heavy atom. The van der Waals surface area contributed by atoms with Crippen molar-refractivity contribution in [3.05, 3.63) is 47.3 Å². The van der Waals surface area contributed by atoms with Gasteiger partial charge in [0.25, 0.3) is 0 Å². The van der Waals surface area contributed by atoms with Crippen molar-refractivity contribution in [3.8, 4) is 5.75 Å². The first-order valence-electron chi connectivity index (χ1n) is 7.04. The van der Waals surface area contributed by atoms with Gasteiger partial charge >= 0.3 is 0 Å². The fourth-order valence-corrected chi connectivity index (χ4v) is 2.87. The van der Waals surface area contributed by atoms with E-state index in [9.17, 15) is 0 Å². The van der Waals surface area contributed by atoms with Crippen molar-refractivity contribution in [3.63, 3.8) is 0 Å². The Bertz CT molecular complexity index is 600. The molecule has 0 atom stereocenters. The van der Waals surface area contributed by atoms with E-state index in [4.69, 9.17) is 4.74 Å².